The average molecular weight is 355 g/mol. The van der Waals surface area contributed by atoms with Crippen molar-refractivity contribution < 1.29 is 9.59 Å². The summed E-state index contributed by atoms with van der Waals surface area (Å²) in [7, 11) is 0. The third-order valence-electron chi connectivity index (χ3n) is 4.37. The maximum Gasteiger partial charge on any atom is 0.248 e. The first kappa shape index (κ1) is 17.2. The first-order valence-corrected chi connectivity index (χ1v) is 9.22. The lowest BCUT2D eigenvalue weighted by Gasteiger charge is -2.32. The SMILES string of the molecule is NC(=O)C1CCN(c2ccc(NC(=O)/C=C/c3ccsc3)cc2)CC1. The van der Waals surface area contributed by atoms with Gasteiger partial charge in [-0.05, 0) is 65.6 Å². The van der Waals surface area contributed by atoms with E-state index in [1.165, 1.54) is 6.08 Å². The van der Waals surface area contributed by atoms with Gasteiger partial charge in [-0.15, -0.1) is 0 Å². The van der Waals surface area contributed by atoms with Crippen molar-refractivity contribution in [2.75, 3.05) is 23.3 Å². The predicted molar refractivity (Wildman–Crippen MR) is 103 cm³/mol. The van der Waals surface area contributed by atoms with Gasteiger partial charge >= 0.3 is 0 Å². The summed E-state index contributed by atoms with van der Waals surface area (Å²) < 4.78 is 0. The number of benzene rings is 1. The first-order valence-electron chi connectivity index (χ1n) is 8.27. The van der Waals surface area contributed by atoms with Crippen molar-refractivity contribution in [2.24, 2.45) is 11.7 Å². The number of nitrogens with two attached hydrogens (primary N) is 1. The number of anilines is 2. The minimum atomic E-state index is -0.201. The van der Waals surface area contributed by atoms with Crippen LogP contribution in [0.2, 0.25) is 0 Å². The Balaban J connectivity index is 1.54. The molecule has 1 saturated heterocycles. The number of hydrogen-bond acceptors (Lipinski definition) is 4. The molecule has 0 unspecified atom stereocenters. The second-order valence-corrected chi connectivity index (χ2v) is 6.87. The zero-order valence-electron chi connectivity index (χ0n) is 13.9. The van der Waals surface area contributed by atoms with E-state index >= 15 is 0 Å². The number of nitrogens with one attached hydrogen (secondary N) is 1. The smallest absolute Gasteiger partial charge is 0.248 e. The van der Waals surface area contributed by atoms with Crippen LogP contribution in [0.25, 0.3) is 6.08 Å². The molecule has 0 aliphatic carbocycles. The van der Waals surface area contributed by atoms with Crippen LogP contribution in [0.4, 0.5) is 11.4 Å². The number of primary amides is 1. The quantitative estimate of drug-likeness (QED) is 0.809. The first-order chi connectivity index (χ1) is 12.1. The molecule has 3 rings (SSSR count). The van der Waals surface area contributed by atoms with Crippen LogP contribution < -0.4 is 16.0 Å². The summed E-state index contributed by atoms with van der Waals surface area (Å²) in [5.74, 6) is -0.362. The Labute approximate surface area is 151 Å². The summed E-state index contributed by atoms with van der Waals surface area (Å²) in [4.78, 5) is 25.4. The van der Waals surface area contributed by atoms with Gasteiger partial charge in [0.15, 0.2) is 0 Å². The van der Waals surface area contributed by atoms with E-state index in [1.807, 2.05) is 41.1 Å². The third kappa shape index (κ3) is 4.70. The molecular formula is C19H21N3O2S. The molecule has 0 radical (unpaired) electrons. The molecule has 2 amide bonds. The molecule has 0 spiro atoms. The Bertz CT molecular complexity index is 745. The lowest BCUT2D eigenvalue weighted by atomic mass is 9.96. The highest BCUT2D eigenvalue weighted by molar-refractivity contribution is 7.08. The second kappa shape index (κ2) is 7.98. The lowest BCUT2D eigenvalue weighted by Crippen LogP contribution is -2.38. The topological polar surface area (TPSA) is 75.4 Å². The van der Waals surface area contributed by atoms with Crippen LogP contribution in [-0.4, -0.2) is 24.9 Å². The molecule has 5 nitrogen and oxygen atoms in total. The van der Waals surface area contributed by atoms with Crippen molar-refractivity contribution in [3.05, 3.63) is 52.7 Å². The van der Waals surface area contributed by atoms with E-state index in [1.54, 1.807) is 17.4 Å². The van der Waals surface area contributed by atoms with Gasteiger partial charge in [0.1, 0.15) is 0 Å². The second-order valence-electron chi connectivity index (χ2n) is 6.09. The number of rotatable bonds is 5. The third-order valence-corrected chi connectivity index (χ3v) is 5.07. The van der Waals surface area contributed by atoms with E-state index in [-0.39, 0.29) is 17.7 Å². The van der Waals surface area contributed by atoms with Crippen molar-refractivity contribution in [3.8, 4) is 0 Å². The number of piperidine rings is 1. The summed E-state index contributed by atoms with van der Waals surface area (Å²) in [6, 6.07) is 9.73. The number of amides is 2. The van der Waals surface area contributed by atoms with Crippen LogP contribution in [0.3, 0.4) is 0 Å². The van der Waals surface area contributed by atoms with E-state index in [0.717, 1.165) is 42.9 Å². The molecule has 6 heteroatoms. The van der Waals surface area contributed by atoms with Crippen LogP contribution in [0, 0.1) is 5.92 Å². The molecule has 1 aliphatic rings. The maximum atomic E-state index is 11.9. The number of carbonyl (C=O) groups is 2. The van der Waals surface area contributed by atoms with Crippen molar-refractivity contribution in [2.45, 2.75) is 12.8 Å². The van der Waals surface area contributed by atoms with Crippen molar-refractivity contribution in [1.82, 2.24) is 0 Å². The van der Waals surface area contributed by atoms with Crippen LogP contribution >= 0.6 is 11.3 Å². The fourth-order valence-corrected chi connectivity index (χ4v) is 3.53. The van der Waals surface area contributed by atoms with Crippen LogP contribution in [0.5, 0.6) is 0 Å². The standard InChI is InChI=1S/C19H21N3O2S/c20-19(24)15-7-10-22(11-8-15)17-4-2-16(3-5-17)21-18(23)6-1-14-9-12-25-13-14/h1-6,9,12-13,15H,7-8,10-11H2,(H2,20,24)(H,21,23)/b6-1+. The summed E-state index contributed by atoms with van der Waals surface area (Å²) in [6.07, 6.45) is 4.91. The van der Waals surface area contributed by atoms with Gasteiger partial charge in [-0.3, -0.25) is 9.59 Å². The Morgan fingerprint density at radius 1 is 1.16 bits per heavy atom. The average Bonchev–Trinajstić information content (AvgIpc) is 3.14. The zero-order valence-corrected chi connectivity index (χ0v) is 14.7. The number of nitrogens with zero attached hydrogens (tertiary/aromatic N) is 1. The lowest BCUT2D eigenvalue weighted by molar-refractivity contribution is -0.122. The van der Waals surface area contributed by atoms with E-state index in [9.17, 15) is 9.59 Å². The van der Waals surface area contributed by atoms with Gasteiger partial charge in [0.2, 0.25) is 11.8 Å². The zero-order chi connectivity index (χ0) is 17.6. The highest BCUT2D eigenvalue weighted by Crippen LogP contribution is 2.24. The van der Waals surface area contributed by atoms with Crippen LogP contribution in [-0.2, 0) is 9.59 Å². The largest absolute Gasteiger partial charge is 0.371 e. The monoisotopic (exact) mass is 355 g/mol. The normalized spacial score (nSPS) is 15.4. The summed E-state index contributed by atoms with van der Waals surface area (Å²) in [5, 5.41) is 6.82. The molecule has 1 aromatic carbocycles. The summed E-state index contributed by atoms with van der Waals surface area (Å²) in [5.41, 5.74) is 8.25. The number of carbonyl (C=O) groups excluding carboxylic acids is 2. The molecule has 1 aliphatic heterocycles. The van der Waals surface area contributed by atoms with E-state index in [0.29, 0.717) is 0 Å². The predicted octanol–water partition coefficient (Wildman–Crippen LogP) is 3.10. The fraction of sp³-hybridized carbons (Fsp3) is 0.263. The van der Waals surface area contributed by atoms with Crippen molar-refractivity contribution in [3.63, 3.8) is 0 Å². The Kier molecular flexibility index (Phi) is 5.50. The molecule has 2 aromatic rings. The van der Waals surface area contributed by atoms with E-state index < -0.39 is 0 Å². The van der Waals surface area contributed by atoms with E-state index in [2.05, 4.69) is 10.2 Å². The molecule has 2 heterocycles. The number of thiophene rings is 1. The highest BCUT2D eigenvalue weighted by atomic mass is 32.1. The van der Waals surface area contributed by atoms with Gasteiger partial charge in [0.05, 0.1) is 0 Å². The molecule has 0 saturated carbocycles. The minimum absolute atomic E-state index is 0.00942. The summed E-state index contributed by atoms with van der Waals surface area (Å²) in [6.45, 7) is 1.64. The van der Waals surface area contributed by atoms with Gasteiger partial charge in [-0.1, -0.05) is 0 Å². The van der Waals surface area contributed by atoms with Crippen LogP contribution in [0.15, 0.2) is 47.2 Å². The fourth-order valence-electron chi connectivity index (χ4n) is 2.90. The maximum absolute atomic E-state index is 11.9. The van der Waals surface area contributed by atoms with Crippen LogP contribution in [0.1, 0.15) is 18.4 Å². The van der Waals surface area contributed by atoms with Crippen molar-refractivity contribution in [1.29, 1.82) is 0 Å². The van der Waals surface area contributed by atoms with Gasteiger partial charge < -0.3 is 16.0 Å². The Hall–Kier alpha value is -2.60. The molecule has 25 heavy (non-hydrogen) atoms. The molecule has 130 valence electrons. The molecule has 0 bridgehead atoms. The molecular weight excluding hydrogens is 334 g/mol. The Morgan fingerprint density at radius 2 is 1.88 bits per heavy atom. The molecule has 0 atom stereocenters. The van der Waals surface area contributed by atoms with Crippen molar-refractivity contribution >= 4 is 40.6 Å². The summed E-state index contributed by atoms with van der Waals surface area (Å²) >= 11 is 1.60. The Morgan fingerprint density at radius 3 is 2.48 bits per heavy atom. The molecule has 1 fully saturated rings. The molecule has 3 N–H and O–H groups in total. The van der Waals surface area contributed by atoms with Gasteiger partial charge in [-0.25, -0.2) is 0 Å². The minimum Gasteiger partial charge on any atom is -0.371 e. The molecule has 1 aromatic heterocycles. The number of hydrogen-bond donors (Lipinski definition) is 2. The van der Waals surface area contributed by atoms with Gasteiger partial charge in [0.25, 0.3) is 0 Å². The highest BCUT2D eigenvalue weighted by Gasteiger charge is 2.23. The van der Waals surface area contributed by atoms with Gasteiger partial charge in [-0.2, -0.15) is 11.3 Å². The van der Waals surface area contributed by atoms with E-state index in [4.69, 9.17) is 5.73 Å². The van der Waals surface area contributed by atoms with Gasteiger partial charge in [0, 0.05) is 36.5 Å².